The summed E-state index contributed by atoms with van der Waals surface area (Å²) in [7, 11) is 0. The Kier molecular flexibility index (Phi) is 3.57. The lowest BCUT2D eigenvalue weighted by molar-refractivity contribution is 0.101. The van der Waals surface area contributed by atoms with Crippen molar-refractivity contribution in [1.29, 1.82) is 0 Å². The number of nitrogens with two attached hydrogens (primary N) is 1. The average Bonchev–Trinajstić information content (AvgIpc) is 2.40. The van der Waals surface area contributed by atoms with E-state index >= 15 is 0 Å². The van der Waals surface area contributed by atoms with Crippen molar-refractivity contribution in [3.63, 3.8) is 0 Å². The fraction of sp³-hybridized carbons (Fsp3) is 0.143. The van der Waals surface area contributed by atoms with Gasteiger partial charge < -0.3 is 11.1 Å². The summed E-state index contributed by atoms with van der Waals surface area (Å²) < 4.78 is 0. The molecule has 0 fully saturated rings. The predicted molar refractivity (Wildman–Crippen MR) is 72.6 cm³/mol. The number of hydrogen-bond acceptors (Lipinski definition) is 4. The Labute approximate surface area is 106 Å². The Morgan fingerprint density at radius 1 is 1.33 bits per heavy atom. The minimum absolute atomic E-state index is 0.0625. The standard InChI is InChI=1S/C14H15N3O/c1-10-7-12(14(15)17-8-10)13(18)9-16-11-5-3-2-4-6-11/h2-8,16H,9H2,1H3,(H2,15,17). The summed E-state index contributed by atoms with van der Waals surface area (Å²) in [5.74, 6) is 0.216. The number of nitrogens with zero attached hydrogens (tertiary/aromatic N) is 1. The van der Waals surface area contributed by atoms with E-state index < -0.39 is 0 Å². The van der Waals surface area contributed by atoms with Crippen molar-refractivity contribution in [3.8, 4) is 0 Å². The Morgan fingerprint density at radius 3 is 2.78 bits per heavy atom. The molecule has 1 aromatic carbocycles. The van der Waals surface area contributed by atoms with Gasteiger partial charge in [0.1, 0.15) is 5.82 Å². The van der Waals surface area contributed by atoms with E-state index in [1.54, 1.807) is 12.3 Å². The molecule has 0 bridgehead atoms. The molecule has 0 aliphatic carbocycles. The Balaban J connectivity index is 2.06. The molecule has 0 amide bonds. The molecule has 0 radical (unpaired) electrons. The Morgan fingerprint density at radius 2 is 2.06 bits per heavy atom. The number of ketones is 1. The molecule has 0 aliphatic heterocycles. The number of nitrogen functional groups attached to an aromatic ring is 1. The highest BCUT2D eigenvalue weighted by Crippen LogP contribution is 2.12. The number of carbonyl (C=O) groups is 1. The SMILES string of the molecule is Cc1cnc(N)c(C(=O)CNc2ccccc2)c1. The van der Waals surface area contributed by atoms with E-state index in [2.05, 4.69) is 10.3 Å². The van der Waals surface area contributed by atoms with Crippen LogP contribution in [0.1, 0.15) is 15.9 Å². The molecule has 0 unspecified atom stereocenters. The minimum atomic E-state index is -0.0625. The van der Waals surface area contributed by atoms with Gasteiger partial charge in [-0.2, -0.15) is 0 Å². The van der Waals surface area contributed by atoms with Crippen molar-refractivity contribution in [2.45, 2.75) is 6.92 Å². The summed E-state index contributed by atoms with van der Waals surface area (Å²) >= 11 is 0. The number of aryl methyl sites for hydroxylation is 1. The monoisotopic (exact) mass is 241 g/mol. The molecule has 0 aliphatic rings. The Hall–Kier alpha value is -2.36. The number of carbonyl (C=O) groups excluding carboxylic acids is 1. The van der Waals surface area contributed by atoms with Crippen LogP contribution in [0, 0.1) is 6.92 Å². The van der Waals surface area contributed by atoms with Crippen LogP contribution in [0.25, 0.3) is 0 Å². The van der Waals surface area contributed by atoms with E-state index in [1.165, 1.54) is 0 Å². The van der Waals surface area contributed by atoms with Gasteiger partial charge in [-0.15, -0.1) is 0 Å². The third-order valence-corrected chi connectivity index (χ3v) is 2.58. The fourth-order valence-electron chi connectivity index (χ4n) is 1.64. The van der Waals surface area contributed by atoms with Crippen LogP contribution in [0.3, 0.4) is 0 Å². The summed E-state index contributed by atoms with van der Waals surface area (Å²) in [4.78, 5) is 16.0. The molecular weight excluding hydrogens is 226 g/mol. The van der Waals surface area contributed by atoms with Crippen LogP contribution in [0.2, 0.25) is 0 Å². The van der Waals surface area contributed by atoms with Crippen molar-refractivity contribution < 1.29 is 4.79 Å². The molecule has 0 saturated carbocycles. The number of para-hydroxylation sites is 1. The van der Waals surface area contributed by atoms with E-state index in [0.29, 0.717) is 5.56 Å². The van der Waals surface area contributed by atoms with Crippen LogP contribution in [0.4, 0.5) is 11.5 Å². The molecule has 3 N–H and O–H groups in total. The van der Waals surface area contributed by atoms with Crippen molar-refractivity contribution in [3.05, 3.63) is 53.7 Å². The van der Waals surface area contributed by atoms with E-state index in [1.807, 2.05) is 37.3 Å². The highest BCUT2D eigenvalue weighted by Gasteiger charge is 2.10. The quantitative estimate of drug-likeness (QED) is 0.806. The van der Waals surface area contributed by atoms with E-state index in [4.69, 9.17) is 5.73 Å². The zero-order chi connectivity index (χ0) is 13.0. The van der Waals surface area contributed by atoms with E-state index in [0.717, 1.165) is 11.3 Å². The maximum Gasteiger partial charge on any atom is 0.185 e. The van der Waals surface area contributed by atoms with Gasteiger partial charge in [-0.3, -0.25) is 4.79 Å². The summed E-state index contributed by atoms with van der Waals surface area (Å²) in [6.45, 7) is 2.09. The second-order valence-electron chi connectivity index (χ2n) is 4.09. The van der Waals surface area contributed by atoms with Crippen LogP contribution >= 0.6 is 0 Å². The van der Waals surface area contributed by atoms with Crippen LogP contribution < -0.4 is 11.1 Å². The summed E-state index contributed by atoms with van der Waals surface area (Å²) in [5.41, 5.74) is 8.00. The number of benzene rings is 1. The number of anilines is 2. The van der Waals surface area contributed by atoms with Gasteiger partial charge in [0.2, 0.25) is 0 Å². The number of Topliss-reactive ketones (excluding diaryl/α,β-unsaturated/α-hetero) is 1. The molecular formula is C14H15N3O. The number of hydrogen-bond donors (Lipinski definition) is 2. The zero-order valence-corrected chi connectivity index (χ0v) is 10.2. The third-order valence-electron chi connectivity index (χ3n) is 2.58. The van der Waals surface area contributed by atoms with Crippen LogP contribution in [-0.2, 0) is 0 Å². The highest BCUT2D eigenvalue weighted by molar-refractivity contribution is 6.02. The first-order valence-electron chi connectivity index (χ1n) is 5.71. The number of rotatable bonds is 4. The molecule has 0 saturated heterocycles. The first-order chi connectivity index (χ1) is 8.66. The van der Waals surface area contributed by atoms with Crippen molar-refractivity contribution >= 4 is 17.3 Å². The lowest BCUT2D eigenvalue weighted by Crippen LogP contribution is -2.16. The Bertz CT molecular complexity index is 552. The van der Waals surface area contributed by atoms with E-state index in [-0.39, 0.29) is 18.1 Å². The second kappa shape index (κ2) is 5.31. The summed E-state index contributed by atoms with van der Waals surface area (Å²) in [6, 6.07) is 11.3. The second-order valence-corrected chi connectivity index (χ2v) is 4.09. The molecule has 1 heterocycles. The minimum Gasteiger partial charge on any atom is -0.383 e. The smallest absolute Gasteiger partial charge is 0.185 e. The zero-order valence-electron chi connectivity index (χ0n) is 10.2. The predicted octanol–water partition coefficient (Wildman–Crippen LogP) is 2.27. The van der Waals surface area contributed by atoms with Gasteiger partial charge in [-0.05, 0) is 30.7 Å². The molecule has 2 aromatic rings. The normalized spacial score (nSPS) is 10.1. The maximum absolute atomic E-state index is 12.0. The van der Waals surface area contributed by atoms with Crippen molar-refractivity contribution in [2.24, 2.45) is 0 Å². The number of pyridine rings is 1. The van der Waals surface area contributed by atoms with Crippen LogP contribution in [-0.4, -0.2) is 17.3 Å². The molecule has 4 heteroatoms. The maximum atomic E-state index is 12.0. The molecule has 0 atom stereocenters. The van der Waals surface area contributed by atoms with Gasteiger partial charge >= 0.3 is 0 Å². The molecule has 18 heavy (non-hydrogen) atoms. The van der Waals surface area contributed by atoms with E-state index in [9.17, 15) is 4.79 Å². The van der Waals surface area contributed by atoms with Crippen molar-refractivity contribution in [1.82, 2.24) is 4.98 Å². The third kappa shape index (κ3) is 2.85. The topological polar surface area (TPSA) is 68.0 Å². The van der Waals surface area contributed by atoms with Gasteiger partial charge in [0.05, 0.1) is 12.1 Å². The van der Waals surface area contributed by atoms with Gasteiger partial charge in [0.25, 0.3) is 0 Å². The van der Waals surface area contributed by atoms with Crippen molar-refractivity contribution in [2.75, 3.05) is 17.6 Å². The summed E-state index contributed by atoms with van der Waals surface area (Å²) in [6.07, 6.45) is 1.65. The van der Waals surface area contributed by atoms with Gasteiger partial charge in [0.15, 0.2) is 5.78 Å². The lowest BCUT2D eigenvalue weighted by atomic mass is 10.1. The lowest BCUT2D eigenvalue weighted by Gasteiger charge is -2.07. The molecule has 0 spiro atoms. The summed E-state index contributed by atoms with van der Waals surface area (Å²) in [5, 5.41) is 3.06. The molecule has 1 aromatic heterocycles. The van der Waals surface area contributed by atoms with Gasteiger partial charge in [-0.1, -0.05) is 18.2 Å². The molecule has 2 rings (SSSR count). The van der Waals surface area contributed by atoms with Crippen LogP contribution in [0.15, 0.2) is 42.6 Å². The van der Waals surface area contributed by atoms with Crippen LogP contribution in [0.5, 0.6) is 0 Å². The average molecular weight is 241 g/mol. The highest BCUT2D eigenvalue weighted by atomic mass is 16.1. The fourth-order valence-corrected chi connectivity index (χ4v) is 1.64. The molecule has 4 nitrogen and oxygen atoms in total. The number of nitrogens with one attached hydrogen (secondary N) is 1. The first kappa shape index (κ1) is 12.1. The largest absolute Gasteiger partial charge is 0.383 e. The first-order valence-corrected chi connectivity index (χ1v) is 5.71. The van der Waals surface area contributed by atoms with Gasteiger partial charge in [0, 0.05) is 11.9 Å². The number of aromatic nitrogens is 1. The molecule has 92 valence electrons. The van der Waals surface area contributed by atoms with Gasteiger partial charge in [-0.25, -0.2) is 4.98 Å².